The molecule has 2 N–H and O–H groups in total. The molecule has 0 bridgehead atoms. The number of carbonyl (C=O) groups is 2. The van der Waals surface area contributed by atoms with Crippen LogP contribution in [0.4, 0.5) is 0 Å². The van der Waals surface area contributed by atoms with Crippen LogP contribution in [-0.2, 0) is 16.0 Å². The first kappa shape index (κ1) is 17.7. The Morgan fingerprint density at radius 1 is 1.38 bits per heavy atom. The van der Waals surface area contributed by atoms with Crippen molar-refractivity contribution in [2.45, 2.75) is 59.4 Å². The van der Waals surface area contributed by atoms with Crippen LogP contribution in [0.5, 0.6) is 0 Å². The first-order valence-electron chi connectivity index (χ1n) is 7.43. The molecule has 1 aromatic heterocycles. The van der Waals surface area contributed by atoms with E-state index in [0.717, 1.165) is 19.3 Å². The van der Waals surface area contributed by atoms with Gasteiger partial charge >= 0.3 is 5.97 Å². The Morgan fingerprint density at radius 2 is 2.05 bits per heavy atom. The molecule has 118 valence electrons. The van der Waals surface area contributed by atoms with E-state index in [1.807, 2.05) is 13.8 Å². The number of carboxylic acids is 1. The zero-order valence-corrected chi connectivity index (χ0v) is 14.0. The Bertz CT molecular complexity index is 496. The molecule has 4 nitrogen and oxygen atoms in total. The number of carboxylic acid groups (broad SMARTS) is 1. The van der Waals surface area contributed by atoms with Crippen molar-refractivity contribution in [1.82, 2.24) is 5.32 Å². The van der Waals surface area contributed by atoms with E-state index in [-0.39, 0.29) is 11.8 Å². The Hall–Kier alpha value is -1.36. The van der Waals surface area contributed by atoms with Crippen molar-refractivity contribution in [3.63, 3.8) is 0 Å². The van der Waals surface area contributed by atoms with E-state index in [4.69, 9.17) is 5.11 Å². The average molecular weight is 311 g/mol. The monoisotopic (exact) mass is 311 g/mol. The van der Waals surface area contributed by atoms with Crippen molar-refractivity contribution in [2.24, 2.45) is 5.92 Å². The highest BCUT2D eigenvalue weighted by Crippen LogP contribution is 2.22. The molecule has 5 heteroatoms. The van der Waals surface area contributed by atoms with E-state index in [0.29, 0.717) is 6.42 Å². The molecule has 0 aliphatic carbocycles. The van der Waals surface area contributed by atoms with Gasteiger partial charge in [-0.05, 0) is 44.2 Å². The summed E-state index contributed by atoms with van der Waals surface area (Å²) in [4.78, 5) is 25.6. The maximum absolute atomic E-state index is 11.9. The van der Waals surface area contributed by atoms with E-state index in [2.05, 4.69) is 25.2 Å². The molecule has 1 aromatic rings. The van der Waals surface area contributed by atoms with E-state index >= 15 is 0 Å². The van der Waals surface area contributed by atoms with Crippen LogP contribution in [0.15, 0.2) is 6.07 Å². The van der Waals surface area contributed by atoms with Crippen molar-refractivity contribution in [3.05, 3.63) is 21.4 Å². The van der Waals surface area contributed by atoms with Crippen LogP contribution in [0, 0.1) is 19.8 Å². The maximum Gasteiger partial charge on any atom is 0.326 e. The molecule has 21 heavy (non-hydrogen) atoms. The fourth-order valence-corrected chi connectivity index (χ4v) is 3.28. The molecule has 0 radical (unpaired) electrons. The third-order valence-corrected chi connectivity index (χ3v) is 4.80. The standard InChI is InChI=1S/C16H25NO3S/c1-5-10(2)15(16(19)20)17-14(18)8-6-7-13-9-11(3)21-12(13)4/h9-10,15H,5-8H2,1-4H3,(H,17,18)(H,19,20)/t10-,15-/m0/s1. The van der Waals surface area contributed by atoms with E-state index < -0.39 is 12.0 Å². The summed E-state index contributed by atoms with van der Waals surface area (Å²) in [5, 5.41) is 11.8. The van der Waals surface area contributed by atoms with Crippen LogP contribution in [0.25, 0.3) is 0 Å². The molecule has 0 aromatic carbocycles. The topological polar surface area (TPSA) is 66.4 Å². The number of carbonyl (C=O) groups excluding carboxylic acids is 1. The van der Waals surface area contributed by atoms with Gasteiger partial charge in [-0.3, -0.25) is 4.79 Å². The average Bonchev–Trinajstić information content (AvgIpc) is 2.73. The zero-order chi connectivity index (χ0) is 16.0. The number of amides is 1. The first-order valence-corrected chi connectivity index (χ1v) is 8.24. The highest BCUT2D eigenvalue weighted by atomic mass is 32.1. The van der Waals surface area contributed by atoms with Crippen LogP contribution in [-0.4, -0.2) is 23.0 Å². The van der Waals surface area contributed by atoms with Crippen molar-refractivity contribution < 1.29 is 14.7 Å². The van der Waals surface area contributed by atoms with Crippen molar-refractivity contribution >= 4 is 23.2 Å². The van der Waals surface area contributed by atoms with Gasteiger partial charge in [0.05, 0.1) is 0 Å². The number of hydrogen-bond donors (Lipinski definition) is 2. The van der Waals surface area contributed by atoms with Crippen LogP contribution >= 0.6 is 11.3 Å². The molecule has 0 unspecified atom stereocenters. The van der Waals surface area contributed by atoms with Crippen LogP contribution in [0.2, 0.25) is 0 Å². The van der Waals surface area contributed by atoms with Gasteiger partial charge in [-0.15, -0.1) is 11.3 Å². The molecule has 1 amide bonds. The molecule has 0 fully saturated rings. The second kappa shape index (κ2) is 8.17. The molecule has 1 rings (SSSR count). The zero-order valence-electron chi connectivity index (χ0n) is 13.2. The summed E-state index contributed by atoms with van der Waals surface area (Å²) in [6, 6.07) is 1.38. The highest BCUT2D eigenvalue weighted by molar-refractivity contribution is 7.12. The summed E-state index contributed by atoms with van der Waals surface area (Å²) in [5.41, 5.74) is 1.29. The summed E-state index contributed by atoms with van der Waals surface area (Å²) in [5.74, 6) is -1.19. The lowest BCUT2D eigenvalue weighted by Crippen LogP contribution is -2.44. The summed E-state index contributed by atoms with van der Waals surface area (Å²) in [7, 11) is 0. The van der Waals surface area contributed by atoms with Crippen LogP contribution in [0.3, 0.4) is 0 Å². The Balaban J connectivity index is 2.43. The molecule has 2 atom stereocenters. The minimum atomic E-state index is -0.956. The molecule has 0 saturated heterocycles. The van der Waals surface area contributed by atoms with Gasteiger partial charge in [-0.2, -0.15) is 0 Å². The molecule has 0 aliphatic rings. The summed E-state index contributed by atoms with van der Waals surface area (Å²) in [6.07, 6.45) is 2.71. The van der Waals surface area contributed by atoms with Gasteiger partial charge in [-0.1, -0.05) is 20.3 Å². The third-order valence-electron chi connectivity index (χ3n) is 3.79. The maximum atomic E-state index is 11.9. The second-order valence-electron chi connectivity index (χ2n) is 5.56. The quantitative estimate of drug-likeness (QED) is 0.774. The molecular formula is C16H25NO3S. The Kier molecular flexibility index (Phi) is 6.89. The normalized spacial score (nSPS) is 13.7. The van der Waals surface area contributed by atoms with E-state index in [9.17, 15) is 9.59 Å². The Labute approximate surface area is 130 Å². The minimum Gasteiger partial charge on any atom is -0.480 e. The highest BCUT2D eigenvalue weighted by Gasteiger charge is 2.24. The van der Waals surface area contributed by atoms with Gasteiger partial charge in [0.25, 0.3) is 0 Å². The Morgan fingerprint density at radius 3 is 2.52 bits per heavy atom. The lowest BCUT2D eigenvalue weighted by molar-refractivity contribution is -0.143. The number of rotatable bonds is 8. The van der Waals surface area contributed by atoms with Crippen molar-refractivity contribution in [3.8, 4) is 0 Å². The second-order valence-corrected chi connectivity index (χ2v) is 7.02. The van der Waals surface area contributed by atoms with Crippen LogP contribution in [0.1, 0.15) is 48.4 Å². The van der Waals surface area contributed by atoms with Gasteiger partial charge < -0.3 is 10.4 Å². The first-order chi connectivity index (χ1) is 9.85. The molecule has 0 saturated carbocycles. The van der Waals surface area contributed by atoms with Gasteiger partial charge in [-0.25, -0.2) is 4.79 Å². The SMILES string of the molecule is CC[C@H](C)[C@H](NC(=O)CCCc1cc(C)sc1C)C(=O)O. The largest absolute Gasteiger partial charge is 0.480 e. The number of thiophene rings is 1. The van der Waals surface area contributed by atoms with Gasteiger partial charge in [0.1, 0.15) is 6.04 Å². The minimum absolute atomic E-state index is 0.0618. The van der Waals surface area contributed by atoms with Gasteiger partial charge in [0, 0.05) is 16.2 Å². The van der Waals surface area contributed by atoms with Gasteiger partial charge in [0.15, 0.2) is 0 Å². The predicted octanol–water partition coefficient (Wildman–Crippen LogP) is 3.30. The summed E-state index contributed by atoms with van der Waals surface area (Å²) in [6.45, 7) is 7.94. The fourth-order valence-electron chi connectivity index (χ4n) is 2.30. The summed E-state index contributed by atoms with van der Waals surface area (Å²) < 4.78 is 0. The smallest absolute Gasteiger partial charge is 0.326 e. The van der Waals surface area contributed by atoms with E-state index in [1.54, 1.807) is 11.3 Å². The lowest BCUT2D eigenvalue weighted by atomic mass is 9.99. The van der Waals surface area contributed by atoms with Crippen molar-refractivity contribution in [1.29, 1.82) is 0 Å². The number of aliphatic carboxylic acids is 1. The van der Waals surface area contributed by atoms with E-state index in [1.165, 1.54) is 15.3 Å². The summed E-state index contributed by atoms with van der Waals surface area (Å²) >= 11 is 1.77. The third kappa shape index (κ3) is 5.50. The van der Waals surface area contributed by atoms with Gasteiger partial charge in [0.2, 0.25) is 5.91 Å². The predicted molar refractivity (Wildman–Crippen MR) is 85.8 cm³/mol. The number of hydrogen-bond acceptors (Lipinski definition) is 3. The molecule has 1 heterocycles. The number of nitrogens with one attached hydrogen (secondary N) is 1. The van der Waals surface area contributed by atoms with Crippen LogP contribution < -0.4 is 5.32 Å². The lowest BCUT2D eigenvalue weighted by Gasteiger charge is -2.20. The number of aryl methyl sites for hydroxylation is 3. The van der Waals surface area contributed by atoms with Crippen molar-refractivity contribution in [2.75, 3.05) is 0 Å². The molecule has 0 aliphatic heterocycles. The molecule has 0 spiro atoms. The fraction of sp³-hybridized carbons (Fsp3) is 0.625. The molecular weight excluding hydrogens is 286 g/mol.